The van der Waals surface area contributed by atoms with Crippen LogP contribution in [0.3, 0.4) is 0 Å². The molecule has 2 fully saturated rings. The molecule has 1 aromatic carbocycles. The Morgan fingerprint density at radius 1 is 1.19 bits per heavy atom. The Morgan fingerprint density at radius 2 is 1.90 bits per heavy atom. The van der Waals surface area contributed by atoms with Crippen molar-refractivity contribution in [3.8, 4) is 0 Å². The van der Waals surface area contributed by atoms with Crippen molar-refractivity contribution in [1.82, 2.24) is 10.2 Å². The molecule has 0 radical (unpaired) electrons. The Hall–Kier alpha value is -0.930. The van der Waals surface area contributed by atoms with Crippen molar-refractivity contribution < 1.29 is 4.39 Å². The summed E-state index contributed by atoms with van der Waals surface area (Å²) in [5, 5.41) is 3.66. The summed E-state index contributed by atoms with van der Waals surface area (Å²) in [5.41, 5.74) is 1.26. The Balaban J connectivity index is 1.60. The molecule has 2 atom stereocenters. The highest BCUT2D eigenvalue weighted by Crippen LogP contribution is 2.32. The van der Waals surface area contributed by atoms with Crippen molar-refractivity contribution in [2.24, 2.45) is 5.92 Å². The van der Waals surface area contributed by atoms with Crippen LogP contribution < -0.4 is 5.32 Å². The SMILES string of the molecule is CCC(c1ccc(F)cc1)N1CCC(C2CCCN2)CC1. The number of hydrogen-bond acceptors (Lipinski definition) is 2. The highest BCUT2D eigenvalue weighted by Gasteiger charge is 2.30. The van der Waals surface area contributed by atoms with Crippen LogP contribution in [0.5, 0.6) is 0 Å². The summed E-state index contributed by atoms with van der Waals surface area (Å²) >= 11 is 0. The fourth-order valence-corrected chi connectivity index (χ4v) is 4.14. The quantitative estimate of drug-likeness (QED) is 0.908. The van der Waals surface area contributed by atoms with Crippen LogP contribution in [0.15, 0.2) is 24.3 Å². The van der Waals surface area contributed by atoms with Gasteiger partial charge in [0.25, 0.3) is 0 Å². The first-order chi connectivity index (χ1) is 10.3. The van der Waals surface area contributed by atoms with E-state index in [0.717, 1.165) is 18.4 Å². The van der Waals surface area contributed by atoms with Crippen molar-refractivity contribution in [3.05, 3.63) is 35.6 Å². The molecule has 0 amide bonds. The Kier molecular flexibility index (Phi) is 4.91. The first-order valence-electron chi connectivity index (χ1n) is 8.51. The van der Waals surface area contributed by atoms with E-state index in [9.17, 15) is 4.39 Å². The molecule has 0 aliphatic carbocycles. The van der Waals surface area contributed by atoms with Crippen molar-refractivity contribution in [2.45, 2.75) is 51.1 Å². The van der Waals surface area contributed by atoms with E-state index in [2.05, 4.69) is 17.1 Å². The topological polar surface area (TPSA) is 15.3 Å². The number of likely N-dealkylation sites (tertiary alicyclic amines) is 1. The minimum atomic E-state index is -0.139. The van der Waals surface area contributed by atoms with Gasteiger partial charge >= 0.3 is 0 Å². The van der Waals surface area contributed by atoms with Crippen molar-refractivity contribution in [3.63, 3.8) is 0 Å². The Bertz CT molecular complexity index is 431. The fourth-order valence-electron chi connectivity index (χ4n) is 4.14. The van der Waals surface area contributed by atoms with Gasteiger partial charge in [0.1, 0.15) is 5.82 Å². The molecule has 2 aliphatic heterocycles. The maximum absolute atomic E-state index is 13.1. The third-order valence-corrected chi connectivity index (χ3v) is 5.32. The molecule has 0 bridgehead atoms. The molecule has 2 aliphatic rings. The van der Waals surface area contributed by atoms with Gasteiger partial charge in [0.05, 0.1) is 0 Å². The summed E-state index contributed by atoms with van der Waals surface area (Å²) in [6, 6.07) is 8.30. The smallest absolute Gasteiger partial charge is 0.123 e. The van der Waals surface area contributed by atoms with E-state index in [1.165, 1.54) is 50.9 Å². The van der Waals surface area contributed by atoms with Crippen molar-refractivity contribution >= 4 is 0 Å². The molecule has 2 unspecified atom stereocenters. The molecule has 0 saturated carbocycles. The molecule has 1 N–H and O–H groups in total. The molecular weight excluding hydrogens is 263 g/mol. The second-order valence-electron chi connectivity index (χ2n) is 6.55. The van der Waals surface area contributed by atoms with E-state index in [0.29, 0.717) is 6.04 Å². The normalized spacial score (nSPS) is 26.1. The summed E-state index contributed by atoms with van der Waals surface area (Å²) in [6.45, 7) is 5.80. The third kappa shape index (κ3) is 3.46. The summed E-state index contributed by atoms with van der Waals surface area (Å²) in [7, 11) is 0. The molecule has 21 heavy (non-hydrogen) atoms. The van der Waals surface area contributed by atoms with Crippen LogP contribution >= 0.6 is 0 Å². The van der Waals surface area contributed by atoms with Gasteiger partial charge in [-0.15, -0.1) is 0 Å². The van der Waals surface area contributed by atoms with Crippen molar-refractivity contribution in [1.29, 1.82) is 0 Å². The van der Waals surface area contributed by atoms with Gasteiger partial charge in [-0.3, -0.25) is 4.90 Å². The largest absolute Gasteiger partial charge is 0.314 e. The Morgan fingerprint density at radius 3 is 2.48 bits per heavy atom. The van der Waals surface area contributed by atoms with Crippen LogP contribution in [0.1, 0.15) is 50.6 Å². The summed E-state index contributed by atoms with van der Waals surface area (Å²) in [5.74, 6) is 0.717. The Labute approximate surface area is 127 Å². The number of hydrogen-bond donors (Lipinski definition) is 1. The van der Waals surface area contributed by atoms with Crippen molar-refractivity contribution in [2.75, 3.05) is 19.6 Å². The van der Waals surface area contributed by atoms with Gasteiger partial charge in [-0.05, 0) is 75.4 Å². The maximum atomic E-state index is 13.1. The van der Waals surface area contributed by atoms with E-state index in [4.69, 9.17) is 0 Å². The highest BCUT2D eigenvalue weighted by molar-refractivity contribution is 5.20. The van der Waals surface area contributed by atoms with Gasteiger partial charge in [0, 0.05) is 12.1 Å². The zero-order valence-electron chi connectivity index (χ0n) is 13.0. The lowest BCUT2D eigenvalue weighted by atomic mass is 9.87. The van der Waals surface area contributed by atoms with Gasteiger partial charge < -0.3 is 5.32 Å². The van der Waals surface area contributed by atoms with Gasteiger partial charge in [-0.25, -0.2) is 4.39 Å². The second-order valence-corrected chi connectivity index (χ2v) is 6.55. The van der Waals surface area contributed by atoms with Crippen LogP contribution in [-0.2, 0) is 0 Å². The van der Waals surface area contributed by atoms with E-state index >= 15 is 0 Å². The zero-order valence-corrected chi connectivity index (χ0v) is 13.0. The molecule has 116 valence electrons. The average Bonchev–Trinajstić information content (AvgIpc) is 3.05. The van der Waals surface area contributed by atoms with E-state index in [-0.39, 0.29) is 5.82 Å². The zero-order chi connectivity index (χ0) is 14.7. The average molecular weight is 290 g/mol. The number of rotatable bonds is 4. The lowest BCUT2D eigenvalue weighted by Gasteiger charge is -2.39. The van der Waals surface area contributed by atoms with E-state index in [1.54, 1.807) is 12.1 Å². The first-order valence-corrected chi connectivity index (χ1v) is 8.51. The lowest BCUT2D eigenvalue weighted by molar-refractivity contribution is 0.116. The molecule has 2 nitrogen and oxygen atoms in total. The van der Waals surface area contributed by atoms with Crippen LogP contribution in [-0.4, -0.2) is 30.6 Å². The van der Waals surface area contributed by atoms with E-state index in [1.807, 2.05) is 12.1 Å². The minimum absolute atomic E-state index is 0.139. The summed E-state index contributed by atoms with van der Waals surface area (Å²) in [4.78, 5) is 2.60. The standard InChI is InChI=1S/C18H27FN2/c1-2-18(15-5-7-16(19)8-6-15)21-12-9-14(10-13-21)17-4-3-11-20-17/h5-8,14,17-18,20H,2-4,9-13H2,1H3. The fraction of sp³-hybridized carbons (Fsp3) is 0.667. The maximum Gasteiger partial charge on any atom is 0.123 e. The third-order valence-electron chi connectivity index (χ3n) is 5.32. The number of benzene rings is 1. The second kappa shape index (κ2) is 6.89. The predicted octanol–water partition coefficient (Wildman–Crippen LogP) is 3.74. The van der Waals surface area contributed by atoms with Gasteiger partial charge in [-0.2, -0.15) is 0 Å². The van der Waals surface area contributed by atoms with Gasteiger partial charge in [-0.1, -0.05) is 19.1 Å². The highest BCUT2D eigenvalue weighted by atomic mass is 19.1. The lowest BCUT2D eigenvalue weighted by Crippen LogP contribution is -2.42. The van der Waals surface area contributed by atoms with Gasteiger partial charge in [0.15, 0.2) is 0 Å². The minimum Gasteiger partial charge on any atom is -0.314 e. The molecular formula is C18H27FN2. The summed E-state index contributed by atoms with van der Waals surface area (Å²) in [6.07, 6.45) is 6.40. The predicted molar refractivity (Wildman–Crippen MR) is 84.8 cm³/mol. The first kappa shape index (κ1) is 15.0. The molecule has 3 rings (SSSR count). The summed E-state index contributed by atoms with van der Waals surface area (Å²) < 4.78 is 13.1. The van der Waals surface area contributed by atoms with Crippen LogP contribution in [0.25, 0.3) is 0 Å². The number of nitrogens with one attached hydrogen (secondary N) is 1. The molecule has 0 aromatic heterocycles. The molecule has 2 heterocycles. The monoisotopic (exact) mass is 290 g/mol. The molecule has 2 saturated heterocycles. The van der Waals surface area contributed by atoms with Crippen LogP contribution in [0.2, 0.25) is 0 Å². The van der Waals surface area contributed by atoms with Crippen LogP contribution in [0, 0.1) is 11.7 Å². The molecule has 0 spiro atoms. The van der Waals surface area contributed by atoms with Crippen LogP contribution in [0.4, 0.5) is 4.39 Å². The molecule has 1 aromatic rings. The number of piperidine rings is 1. The number of nitrogens with zero attached hydrogens (tertiary/aromatic N) is 1. The van der Waals surface area contributed by atoms with Gasteiger partial charge in [0.2, 0.25) is 0 Å². The molecule has 3 heteroatoms. The van der Waals surface area contributed by atoms with E-state index < -0.39 is 0 Å². The number of halogens is 1.